The van der Waals surface area contributed by atoms with Crippen LogP contribution < -0.4 is 15.5 Å². The van der Waals surface area contributed by atoms with Gasteiger partial charge in [-0.1, -0.05) is 18.2 Å². The van der Waals surface area contributed by atoms with Crippen LogP contribution in [0, 0.1) is 6.92 Å². The molecule has 0 atom stereocenters. The van der Waals surface area contributed by atoms with Crippen LogP contribution in [0.1, 0.15) is 15.9 Å². The summed E-state index contributed by atoms with van der Waals surface area (Å²) in [6.07, 6.45) is 0. The van der Waals surface area contributed by atoms with Gasteiger partial charge in [0, 0.05) is 37.6 Å². The Morgan fingerprint density at radius 3 is 2.22 bits per heavy atom. The molecule has 0 bridgehead atoms. The smallest absolute Gasteiger partial charge is 0.337 e. The highest BCUT2D eigenvalue weighted by Crippen LogP contribution is 2.27. The van der Waals surface area contributed by atoms with Crippen molar-refractivity contribution >= 4 is 23.0 Å². The first-order chi connectivity index (χ1) is 11.1. The number of aryl methyl sites for hydroxylation is 1. The molecule has 2 aromatic carbocycles. The zero-order valence-electron chi connectivity index (χ0n) is 13.2. The SMILES string of the molecule is Cc1ccccc1N1CCN(c2ccc(N)cc2C(=O)O)CC1. The number of anilines is 3. The second kappa shape index (κ2) is 6.20. The zero-order chi connectivity index (χ0) is 16.4. The third-order valence-electron chi connectivity index (χ3n) is 4.33. The Bertz CT molecular complexity index is 722. The molecule has 0 radical (unpaired) electrons. The highest BCUT2D eigenvalue weighted by Gasteiger charge is 2.22. The van der Waals surface area contributed by atoms with Crippen molar-refractivity contribution in [1.82, 2.24) is 0 Å². The van der Waals surface area contributed by atoms with E-state index in [1.165, 1.54) is 17.3 Å². The molecule has 0 amide bonds. The van der Waals surface area contributed by atoms with Crippen molar-refractivity contribution in [2.75, 3.05) is 41.7 Å². The topological polar surface area (TPSA) is 69.8 Å². The fraction of sp³-hybridized carbons (Fsp3) is 0.278. The Morgan fingerprint density at radius 1 is 1.00 bits per heavy atom. The molecule has 3 rings (SSSR count). The number of nitrogens with zero attached hydrogens (tertiary/aromatic N) is 2. The van der Waals surface area contributed by atoms with Crippen molar-refractivity contribution in [2.24, 2.45) is 0 Å². The number of carboxylic acid groups (broad SMARTS) is 1. The van der Waals surface area contributed by atoms with Gasteiger partial charge >= 0.3 is 5.97 Å². The Morgan fingerprint density at radius 2 is 1.61 bits per heavy atom. The largest absolute Gasteiger partial charge is 0.478 e. The summed E-state index contributed by atoms with van der Waals surface area (Å²) < 4.78 is 0. The van der Waals surface area contributed by atoms with Gasteiger partial charge in [-0.05, 0) is 36.8 Å². The zero-order valence-corrected chi connectivity index (χ0v) is 13.2. The van der Waals surface area contributed by atoms with E-state index in [0.717, 1.165) is 31.9 Å². The maximum absolute atomic E-state index is 11.5. The molecule has 1 heterocycles. The number of carboxylic acids is 1. The molecule has 1 saturated heterocycles. The van der Waals surface area contributed by atoms with Crippen LogP contribution in [0.4, 0.5) is 17.1 Å². The lowest BCUT2D eigenvalue weighted by atomic mass is 10.1. The number of aromatic carboxylic acids is 1. The van der Waals surface area contributed by atoms with Crippen LogP contribution in [0.25, 0.3) is 0 Å². The number of nitrogens with two attached hydrogens (primary N) is 1. The molecule has 3 N–H and O–H groups in total. The van der Waals surface area contributed by atoms with Crippen molar-refractivity contribution in [3.05, 3.63) is 53.6 Å². The molecule has 2 aromatic rings. The minimum absolute atomic E-state index is 0.273. The van der Waals surface area contributed by atoms with Gasteiger partial charge in [-0.15, -0.1) is 0 Å². The Balaban J connectivity index is 1.77. The molecule has 120 valence electrons. The van der Waals surface area contributed by atoms with E-state index in [1.54, 1.807) is 6.07 Å². The van der Waals surface area contributed by atoms with E-state index in [2.05, 4.69) is 34.9 Å². The van der Waals surface area contributed by atoms with Crippen molar-refractivity contribution in [2.45, 2.75) is 6.92 Å². The summed E-state index contributed by atoms with van der Waals surface area (Å²) in [5.41, 5.74) is 9.73. The molecule has 1 fully saturated rings. The van der Waals surface area contributed by atoms with Crippen molar-refractivity contribution in [3.63, 3.8) is 0 Å². The highest BCUT2D eigenvalue weighted by atomic mass is 16.4. The van der Waals surface area contributed by atoms with Gasteiger partial charge in [0.05, 0.1) is 11.3 Å². The van der Waals surface area contributed by atoms with Gasteiger partial charge in [0.15, 0.2) is 0 Å². The van der Waals surface area contributed by atoms with Crippen LogP contribution in [-0.2, 0) is 0 Å². The van der Waals surface area contributed by atoms with Gasteiger partial charge in [-0.3, -0.25) is 0 Å². The number of carbonyl (C=O) groups is 1. The second-order valence-electron chi connectivity index (χ2n) is 5.84. The van der Waals surface area contributed by atoms with Crippen LogP contribution in [0.15, 0.2) is 42.5 Å². The molecular formula is C18H21N3O2. The molecule has 23 heavy (non-hydrogen) atoms. The molecule has 5 nitrogen and oxygen atoms in total. The van der Waals surface area contributed by atoms with Crippen LogP contribution >= 0.6 is 0 Å². The third-order valence-corrected chi connectivity index (χ3v) is 4.33. The molecule has 0 unspecified atom stereocenters. The number of para-hydroxylation sites is 1. The van der Waals surface area contributed by atoms with E-state index in [4.69, 9.17) is 5.73 Å². The summed E-state index contributed by atoms with van der Waals surface area (Å²) in [7, 11) is 0. The summed E-state index contributed by atoms with van der Waals surface area (Å²) >= 11 is 0. The standard InChI is InChI=1S/C18H21N3O2/c1-13-4-2-3-5-16(13)20-8-10-21(11-9-20)17-7-6-14(19)12-15(17)18(22)23/h2-7,12H,8-11,19H2,1H3,(H,22,23). The van der Waals surface area contributed by atoms with E-state index in [0.29, 0.717) is 5.69 Å². The average Bonchev–Trinajstić information content (AvgIpc) is 2.55. The molecule has 1 aliphatic rings. The first kappa shape index (κ1) is 15.2. The van der Waals surface area contributed by atoms with E-state index >= 15 is 0 Å². The number of piperazine rings is 1. The first-order valence-electron chi connectivity index (χ1n) is 7.74. The molecule has 0 spiro atoms. The average molecular weight is 311 g/mol. The summed E-state index contributed by atoms with van der Waals surface area (Å²) in [5.74, 6) is -0.936. The fourth-order valence-electron chi connectivity index (χ4n) is 3.11. The van der Waals surface area contributed by atoms with Crippen molar-refractivity contribution in [3.8, 4) is 0 Å². The molecule has 0 aliphatic carbocycles. The number of nitrogen functional groups attached to an aromatic ring is 1. The van der Waals surface area contributed by atoms with Crippen LogP contribution in [0.3, 0.4) is 0 Å². The van der Waals surface area contributed by atoms with Crippen molar-refractivity contribution < 1.29 is 9.90 Å². The number of benzene rings is 2. The normalized spacial score (nSPS) is 14.8. The van der Waals surface area contributed by atoms with Gasteiger partial charge in [0.25, 0.3) is 0 Å². The van der Waals surface area contributed by atoms with Crippen LogP contribution in [0.5, 0.6) is 0 Å². The predicted octanol–water partition coefficient (Wildman–Crippen LogP) is 2.60. The number of hydrogen-bond donors (Lipinski definition) is 2. The summed E-state index contributed by atoms with van der Waals surface area (Å²) in [6.45, 7) is 5.43. The maximum Gasteiger partial charge on any atom is 0.337 e. The Labute approximate surface area is 135 Å². The lowest BCUT2D eigenvalue weighted by Crippen LogP contribution is -2.47. The van der Waals surface area contributed by atoms with Gasteiger partial charge in [0.2, 0.25) is 0 Å². The van der Waals surface area contributed by atoms with Crippen LogP contribution in [0.2, 0.25) is 0 Å². The predicted molar refractivity (Wildman–Crippen MR) is 93.4 cm³/mol. The van der Waals surface area contributed by atoms with Gasteiger partial charge < -0.3 is 20.6 Å². The molecule has 0 saturated carbocycles. The minimum atomic E-state index is -0.936. The minimum Gasteiger partial charge on any atom is -0.478 e. The van der Waals surface area contributed by atoms with E-state index < -0.39 is 5.97 Å². The Kier molecular flexibility index (Phi) is 4.10. The van der Waals surface area contributed by atoms with E-state index in [1.807, 2.05) is 12.1 Å². The van der Waals surface area contributed by atoms with Gasteiger partial charge in [0.1, 0.15) is 0 Å². The number of rotatable bonds is 3. The molecular weight excluding hydrogens is 290 g/mol. The fourth-order valence-corrected chi connectivity index (χ4v) is 3.11. The van der Waals surface area contributed by atoms with Crippen LogP contribution in [-0.4, -0.2) is 37.3 Å². The van der Waals surface area contributed by atoms with E-state index in [9.17, 15) is 9.90 Å². The maximum atomic E-state index is 11.5. The summed E-state index contributed by atoms with van der Waals surface area (Å²) in [6, 6.07) is 13.4. The van der Waals surface area contributed by atoms with Gasteiger partial charge in [-0.2, -0.15) is 0 Å². The summed E-state index contributed by atoms with van der Waals surface area (Å²) in [5, 5.41) is 9.39. The second-order valence-corrected chi connectivity index (χ2v) is 5.84. The monoisotopic (exact) mass is 311 g/mol. The number of hydrogen-bond acceptors (Lipinski definition) is 4. The quantitative estimate of drug-likeness (QED) is 0.853. The third kappa shape index (κ3) is 3.08. The highest BCUT2D eigenvalue weighted by molar-refractivity contribution is 5.95. The lowest BCUT2D eigenvalue weighted by Gasteiger charge is -2.38. The van der Waals surface area contributed by atoms with Crippen molar-refractivity contribution in [1.29, 1.82) is 0 Å². The first-order valence-corrected chi connectivity index (χ1v) is 7.74. The molecule has 5 heteroatoms. The molecule has 1 aliphatic heterocycles. The van der Waals surface area contributed by atoms with Gasteiger partial charge in [-0.25, -0.2) is 4.79 Å². The lowest BCUT2D eigenvalue weighted by molar-refractivity contribution is 0.0697. The molecule has 0 aromatic heterocycles. The Hall–Kier alpha value is -2.69. The summed E-state index contributed by atoms with van der Waals surface area (Å²) in [4.78, 5) is 15.9. The van der Waals surface area contributed by atoms with E-state index in [-0.39, 0.29) is 5.56 Å².